The molecule has 0 amide bonds. The van der Waals surface area contributed by atoms with Gasteiger partial charge in [-0.25, -0.2) is 9.78 Å². The zero-order valence-electron chi connectivity index (χ0n) is 15.2. The number of anilines is 1. The van der Waals surface area contributed by atoms with E-state index in [9.17, 15) is 20.0 Å². The van der Waals surface area contributed by atoms with Crippen LogP contribution in [0.15, 0.2) is 36.5 Å². The van der Waals surface area contributed by atoms with Gasteiger partial charge in [0.15, 0.2) is 0 Å². The van der Waals surface area contributed by atoms with Gasteiger partial charge in [-0.15, -0.1) is 0 Å². The predicted molar refractivity (Wildman–Crippen MR) is 104 cm³/mol. The molecule has 1 unspecified atom stereocenters. The van der Waals surface area contributed by atoms with Gasteiger partial charge >= 0.3 is 11.7 Å². The fourth-order valence-corrected chi connectivity index (χ4v) is 3.54. The molecule has 28 heavy (non-hydrogen) atoms. The summed E-state index contributed by atoms with van der Waals surface area (Å²) in [4.78, 5) is 28.5. The van der Waals surface area contributed by atoms with E-state index >= 15 is 0 Å². The van der Waals surface area contributed by atoms with Crippen molar-refractivity contribution in [2.75, 3.05) is 25.1 Å². The van der Waals surface area contributed by atoms with Crippen LogP contribution in [-0.2, 0) is 4.74 Å². The lowest BCUT2D eigenvalue weighted by Gasteiger charge is -2.34. The van der Waals surface area contributed by atoms with Crippen LogP contribution in [0, 0.1) is 16.0 Å². The number of hydrogen-bond acceptors (Lipinski definition) is 7. The molecule has 1 aromatic heterocycles. The van der Waals surface area contributed by atoms with Crippen LogP contribution < -0.4 is 4.90 Å². The fourth-order valence-electron chi connectivity index (χ4n) is 3.41. The van der Waals surface area contributed by atoms with E-state index in [0.717, 1.165) is 5.56 Å². The number of nitrogens with zero attached hydrogens (tertiary/aromatic N) is 3. The van der Waals surface area contributed by atoms with Crippen LogP contribution in [-0.4, -0.2) is 41.2 Å². The maximum absolute atomic E-state index is 11.6. The number of aliphatic hydroxyl groups is 1. The summed E-state index contributed by atoms with van der Waals surface area (Å²) in [7, 11) is 1.21. The second-order valence-corrected chi connectivity index (χ2v) is 7.07. The molecule has 0 aliphatic carbocycles. The second kappa shape index (κ2) is 8.53. The first-order valence-electron chi connectivity index (χ1n) is 8.82. The first-order valence-corrected chi connectivity index (χ1v) is 9.19. The lowest BCUT2D eigenvalue weighted by Crippen LogP contribution is -2.36. The third-order valence-electron chi connectivity index (χ3n) is 4.96. The Balaban J connectivity index is 1.73. The Labute approximate surface area is 166 Å². The van der Waals surface area contributed by atoms with Gasteiger partial charge in [0.25, 0.3) is 0 Å². The Morgan fingerprint density at radius 1 is 1.36 bits per heavy atom. The molecule has 1 aromatic carbocycles. The van der Waals surface area contributed by atoms with Crippen molar-refractivity contribution in [2.24, 2.45) is 5.92 Å². The number of piperidine rings is 1. The zero-order valence-corrected chi connectivity index (χ0v) is 16.0. The molecule has 0 spiro atoms. The van der Waals surface area contributed by atoms with Crippen LogP contribution >= 0.6 is 11.6 Å². The van der Waals surface area contributed by atoms with E-state index in [4.69, 9.17) is 11.6 Å². The number of carbonyl (C=O) groups excluding carboxylic acids is 1. The summed E-state index contributed by atoms with van der Waals surface area (Å²) < 4.78 is 4.59. The Kier molecular flexibility index (Phi) is 6.11. The molecule has 3 rings (SSSR count). The maximum Gasteiger partial charge on any atom is 0.339 e. The number of halogens is 1. The van der Waals surface area contributed by atoms with E-state index in [-0.39, 0.29) is 23.0 Å². The molecule has 1 aliphatic rings. The summed E-state index contributed by atoms with van der Waals surface area (Å²) in [6.45, 7) is 1.03. The van der Waals surface area contributed by atoms with Crippen molar-refractivity contribution in [2.45, 2.75) is 18.9 Å². The SMILES string of the molecule is COC(=O)c1cnc(N2CCC(C(O)c3ccc(Cl)cc3)CC2)c([N+](=O)[O-])c1. The minimum Gasteiger partial charge on any atom is -0.465 e. The Morgan fingerprint density at radius 3 is 2.57 bits per heavy atom. The number of benzene rings is 1. The number of carbonyl (C=O) groups is 1. The fraction of sp³-hybridized carbons (Fsp3) is 0.368. The molecule has 8 nitrogen and oxygen atoms in total. The van der Waals surface area contributed by atoms with Gasteiger partial charge < -0.3 is 14.7 Å². The molecule has 2 aromatic rings. The van der Waals surface area contributed by atoms with E-state index in [1.807, 2.05) is 4.90 Å². The summed E-state index contributed by atoms with van der Waals surface area (Å²) in [6.07, 6.45) is 1.97. The molecule has 1 saturated heterocycles. The molecule has 0 bridgehead atoms. The van der Waals surface area contributed by atoms with Crippen LogP contribution in [0.1, 0.15) is 34.9 Å². The zero-order chi connectivity index (χ0) is 20.3. The van der Waals surface area contributed by atoms with Gasteiger partial charge in [0.1, 0.15) is 0 Å². The van der Waals surface area contributed by atoms with E-state index in [2.05, 4.69) is 9.72 Å². The summed E-state index contributed by atoms with van der Waals surface area (Å²) >= 11 is 5.89. The summed E-state index contributed by atoms with van der Waals surface area (Å²) in [5.41, 5.74) is 0.597. The van der Waals surface area contributed by atoms with E-state index in [1.165, 1.54) is 19.4 Å². The van der Waals surface area contributed by atoms with Gasteiger partial charge in [-0.05, 0) is 36.5 Å². The molecule has 1 N–H and O–H groups in total. The summed E-state index contributed by atoms with van der Waals surface area (Å²) in [5.74, 6) is -0.421. The Hall–Kier alpha value is -2.71. The average Bonchev–Trinajstić information content (AvgIpc) is 2.73. The smallest absolute Gasteiger partial charge is 0.339 e. The van der Waals surface area contributed by atoms with Gasteiger partial charge in [-0.2, -0.15) is 0 Å². The molecule has 148 valence electrons. The molecule has 0 saturated carbocycles. The van der Waals surface area contributed by atoms with Gasteiger partial charge in [0.05, 0.1) is 23.7 Å². The van der Waals surface area contributed by atoms with Gasteiger partial charge in [-0.3, -0.25) is 10.1 Å². The van der Waals surface area contributed by atoms with Gasteiger partial charge in [-0.1, -0.05) is 23.7 Å². The molecule has 9 heteroatoms. The standard InChI is InChI=1S/C19H20ClN3O5/c1-28-19(25)14-10-16(23(26)27)18(21-11-14)22-8-6-13(7-9-22)17(24)12-2-4-15(20)5-3-12/h2-5,10-11,13,17,24H,6-9H2,1H3. The number of nitro groups is 1. The molecule has 2 heterocycles. The van der Waals surface area contributed by atoms with E-state index < -0.39 is 17.0 Å². The highest BCUT2D eigenvalue weighted by Gasteiger charge is 2.30. The topological polar surface area (TPSA) is 106 Å². The van der Waals surface area contributed by atoms with Crippen molar-refractivity contribution in [3.05, 3.63) is 62.8 Å². The lowest BCUT2D eigenvalue weighted by molar-refractivity contribution is -0.384. The number of methoxy groups -OCH3 is 1. The normalized spacial score (nSPS) is 15.9. The number of aliphatic hydroxyl groups excluding tert-OH is 1. The predicted octanol–water partition coefficient (Wildman–Crippen LogP) is 3.38. The number of aromatic nitrogens is 1. The third-order valence-corrected chi connectivity index (χ3v) is 5.21. The lowest BCUT2D eigenvalue weighted by atomic mass is 9.87. The highest BCUT2D eigenvalue weighted by molar-refractivity contribution is 6.30. The number of hydrogen-bond donors (Lipinski definition) is 1. The Bertz CT molecular complexity index is 866. The highest BCUT2D eigenvalue weighted by atomic mass is 35.5. The molecule has 0 radical (unpaired) electrons. The number of rotatable bonds is 5. The monoisotopic (exact) mass is 405 g/mol. The minimum atomic E-state index is -0.674. The van der Waals surface area contributed by atoms with E-state index in [1.54, 1.807) is 24.3 Å². The van der Waals surface area contributed by atoms with Crippen molar-refractivity contribution in [1.29, 1.82) is 0 Å². The van der Waals surface area contributed by atoms with Crippen molar-refractivity contribution < 1.29 is 19.6 Å². The van der Waals surface area contributed by atoms with Crippen LogP contribution in [0.25, 0.3) is 0 Å². The number of ether oxygens (including phenoxy) is 1. The van der Waals surface area contributed by atoms with Crippen molar-refractivity contribution in [1.82, 2.24) is 4.98 Å². The first kappa shape index (κ1) is 20.0. The molecule has 1 aliphatic heterocycles. The molecule has 1 fully saturated rings. The highest BCUT2D eigenvalue weighted by Crippen LogP contribution is 2.35. The Morgan fingerprint density at radius 2 is 2.00 bits per heavy atom. The van der Waals surface area contributed by atoms with E-state index in [0.29, 0.717) is 31.0 Å². The third kappa shape index (κ3) is 4.23. The van der Waals surface area contributed by atoms with Crippen LogP contribution in [0.2, 0.25) is 5.02 Å². The van der Waals surface area contributed by atoms with Crippen molar-refractivity contribution in [3.63, 3.8) is 0 Å². The largest absolute Gasteiger partial charge is 0.465 e. The quantitative estimate of drug-likeness (QED) is 0.461. The summed E-state index contributed by atoms with van der Waals surface area (Å²) in [5, 5.41) is 22.7. The number of esters is 1. The minimum absolute atomic E-state index is 0.0332. The summed E-state index contributed by atoms with van der Waals surface area (Å²) in [6, 6.07) is 8.27. The first-order chi connectivity index (χ1) is 13.4. The van der Waals surface area contributed by atoms with Crippen LogP contribution in [0.5, 0.6) is 0 Å². The molecular formula is C19H20ClN3O5. The van der Waals surface area contributed by atoms with Gasteiger partial charge in [0, 0.05) is 30.4 Å². The van der Waals surface area contributed by atoms with Crippen molar-refractivity contribution >= 4 is 29.1 Å². The molecular weight excluding hydrogens is 386 g/mol. The average molecular weight is 406 g/mol. The molecule has 1 atom stereocenters. The number of pyridine rings is 1. The van der Waals surface area contributed by atoms with Crippen LogP contribution in [0.4, 0.5) is 11.5 Å². The maximum atomic E-state index is 11.6. The second-order valence-electron chi connectivity index (χ2n) is 6.64. The van der Waals surface area contributed by atoms with Crippen molar-refractivity contribution in [3.8, 4) is 0 Å². The van der Waals surface area contributed by atoms with Crippen LogP contribution in [0.3, 0.4) is 0 Å². The van der Waals surface area contributed by atoms with Gasteiger partial charge in [0.2, 0.25) is 5.82 Å².